The Morgan fingerprint density at radius 3 is 2.50 bits per heavy atom. The average molecular weight is 490 g/mol. The van der Waals surface area contributed by atoms with Crippen LogP contribution in [-0.4, -0.2) is 44.3 Å². The normalized spacial score (nSPS) is 15.8. The van der Waals surface area contributed by atoms with Gasteiger partial charge in [-0.25, -0.2) is 17.5 Å². The van der Waals surface area contributed by atoms with E-state index in [4.69, 9.17) is 17.3 Å². The predicted octanol–water partition coefficient (Wildman–Crippen LogP) is 3.46. The zero-order chi connectivity index (χ0) is 23.9. The van der Waals surface area contributed by atoms with Crippen LogP contribution in [0.15, 0.2) is 23.1 Å². The van der Waals surface area contributed by atoms with Gasteiger partial charge in [0, 0.05) is 19.5 Å². The van der Waals surface area contributed by atoms with Crippen LogP contribution in [0.3, 0.4) is 0 Å². The molecule has 2 rings (SSSR count). The van der Waals surface area contributed by atoms with E-state index in [1.165, 1.54) is 4.90 Å². The van der Waals surface area contributed by atoms with Gasteiger partial charge in [0.15, 0.2) is 0 Å². The molecule has 0 aliphatic heterocycles. The Hall–Kier alpha value is -1.71. The highest BCUT2D eigenvalue weighted by atomic mass is 35.5. The molecule has 1 atom stereocenters. The van der Waals surface area contributed by atoms with Crippen molar-refractivity contribution in [1.82, 2.24) is 9.62 Å². The van der Waals surface area contributed by atoms with Gasteiger partial charge >= 0.3 is 0 Å². The molecule has 0 spiro atoms. The summed E-state index contributed by atoms with van der Waals surface area (Å²) in [6, 6.07) is 2.33. The Bertz CT molecular complexity index is 904. The second kappa shape index (κ2) is 12.0. The number of nitrogens with two attached hydrogens (primary N) is 1. The molecule has 0 radical (unpaired) electrons. The number of amides is 2. The standard InChI is InChI=1S/C22H33ClFN3O4S/c1-15(2)12-19(22(25)29)27(21(28)13-16-6-3-4-7-16)11-5-10-26-32(30,31)20-9-8-17(24)14-18(20)23/h8-9,14-16,19,26H,3-7,10-13H2,1-2H3,(H2,25,29)/t19-/m0/s1. The first-order valence-corrected chi connectivity index (χ1v) is 12.9. The van der Waals surface area contributed by atoms with E-state index in [2.05, 4.69) is 4.72 Å². The summed E-state index contributed by atoms with van der Waals surface area (Å²) in [6.07, 6.45) is 5.33. The van der Waals surface area contributed by atoms with Crippen molar-refractivity contribution >= 4 is 33.4 Å². The fraction of sp³-hybridized carbons (Fsp3) is 0.636. The number of halogens is 2. The van der Waals surface area contributed by atoms with E-state index in [1.54, 1.807) is 0 Å². The summed E-state index contributed by atoms with van der Waals surface area (Å²) in [7, 11) is -3.94. The monoisotopic (exact) mass is 489 g/mol. The van der Waals surface area contributed by atoms with Crippen LogP contribution in [0.5, 0.6) is 0 Å². The smallest absolute Gasteiger partial charge is 0.242 e. The van der Waals surface area contributed by atoms with Crippen LogP contribution in [-0.2, 0) is 19.6 Å². The number of nitrogens with one attached hydrogen (secondary N) is 1. The molecule has 1 aromatic carbocycles. The molecule has 180 valence electrons. The Morgan fingerprint density at radius 2 is 1.94 bits per heavy atom. The molecule has 0 unspecified atom stereocenters. The molecule has 1 aliphatic rings. The van der Waals surface area contributed by atoms with Gasteiger partial charge in [0.25, 0.3) is 0 Å². The van der Waals surface area contributed by atoms with Crippen molar-refractivity contribution in [1.29, 1.82) is 0 Å². The molecule has 1 fully saturated rings. The largest absolute Gasteiger partial charge is 0.368 e. The third-order valence-corrected chi connectivity index (χ3v) is 7.65. The summed E-state index contributed by atoms with van der Waals surface area (Å²) in [5.41, 5.74) is 5.62. The van der Waals surface area contributed by atoms with Crippen LogP contribution in [0.1, 0.15) is 58.8 Å². The lowest BCUT2D eigenvalue weighted by Crippen LogP contribution is -2.49. The molecule has 0 bridgehead atoms. The van der Waals surface area contributed by atoms with E-state index in [9.17, 15) is 22.4 Å². The fourth-order valence-electron chi connectivity index (χ4n) is 4.10. The van der Waals surface area contributed by atoms with E-state index >= 15 is 0 Å². The number of rotatable bonds is 12. The van der Waals surface area contributed by atoms with Crippen molar-refractivity contribution in [2.75, 3.05) is 13.1 Å². The zero-order valence-electron chi connectivity index (χ0n) is 18.6. The van der Waals surface area contributed by atoms with Crippen molar-refractivity contribution in [3.05, 3.63) is 29.0 Å². The van der Waals surface area contributed by atoms with Crippen LogP contribution in [0.4, 0.5) is 4.39 Å². The van der Waals surface area contributed by atoms with Crippen LogP contribution < -0.4 is 10.5 Å². The van der Waals surface area contributed by atoms with Gasteiger partial charge in [-0.15, -0.1) is 0 Å². The maximum absolute atomic E-state index is 13.2. The minimum atomic E-state index is -3.94. The minimum Gasteiger partial charge on any atom is -0.368 e. The van der Waals surface area contributed by atoms with Crippen LogP contribution in [0.25, 0.3) is 0 Å². The van der Waals surface area contributed by atoms with Gasteiger partial charge in [-0.05, 0) is 55.7 Å². The van der Waals surface area contributed by atoms with Gasteiger partial charge in [0.2, 0.25) is 21.8 Å². The summed E-state index contributed by atoms with van der Waals surface area (Å²) in [6.45, 7) is 4.13. The number of sulfonamides is 1. The molecule has 0 heterocycles. The number of carbonyl (C=O) groups excluding carboxylic acids is 2. The summed E-state index contributed by atoms with van der Waals surface area (Å²) in [5.74, 6) is -0.832. The molecule has 10 heteroatoms. The molecule has 7 nitrogen and oxygen atoms in total. The van der Waals surface area contributed by atoms with Crippen molar-refractivity contribution < 1.29 is 22.4 Å². The highest BCUT2D eigenvalue weighted by molar-refractivity contribution is 7.89. The summed E-state index contributed by atoms with van der Waals surface area (Å²) in [4.78, 5) is 26.5. The van der Waals surface area contributed by atoms with Gasteiger partial charge in [-0.3, -0.25) is 9.59 Å². The summed E-state index contributed by atoms with van der Waals surface area (Å²) >= 11 is 5.86. The van der Waals surface area contributed by atoms with E-state index in [-0.39, 0.29) is 41.3 Å². The highest BCUT2D eigenvalue weighted by Gasteiger charge is 2.30. The quantitative estimate of drug-likeness (QED) is 0.438. The summed E-state index contributed by atoms with van der Waals surface area (Å²) < 4.78 is 40.6. The molecular formula is C22H33ClFN3O4S. The first kappa shape index (κ1) is 26.5. The Kier molecular flexibility index (Phi) is 9.91. The minimum absolute atomic E-state index is 0.0242. The van der Waals surface area contributed by atoms with Crippen LogP contribution >= 0.6 is 11.6 Å². The van der Waals surface area contributed by atoms with E-state index in [1.807, 2.05) is 13.8 Å². The molecule has 32 heavy (non-hydrogen) atoms. The maximum atomic E-state index is 13.2. The van der Waals surface area contributed by atoms with Crippen molar-refractivity contribution in [3.8, 4) is 0 Å². The molecule has 3 N–H and O–H groups in total. The highest BCUT2D eigenvalue weighted by Crippen LogP contribution is 2.29. The first-order valence-electron chi connectivity index (χ1n) is 11.0. The van der Waals surface area contributed by atoms with Gasteiger partial charge < -0.3 is 10.6 Å². The lowest BCUT2D eigenvalue weighted by molar-refractivity contribution is -0.140. The van der Waals surface area contributed by atoms with Gasteiger partial charge in [0.05, 0.1) is 5.02 Å². The number of nitrogens with zero attached hydrogens (tertiary/aromatic N) is 1. The van der Waals surface area contributed by atoms with E-state index in [0.717, 1.165) is 43.9 Å². The molecule has 1 aromatic rings. The third-order valence-electron chi connectivity index (χ3n) is 5.71. The fourth-order valence-corrected chi connectivity index (χ4v) is 5.71. The SMILES string of the molecule is CC(C)C[C@@H](C(N)=O)N(CCCNS(=O)(=O)c1ccc(F)cc1Cl)C(=O)CC1CCCC1. The molecular weight excluding hydrogens is 457 g/mol. The average Bonchev–Trinajstić information content (AvgIpc) is 3.18. The number of carbonyl (C=O) groups is 2. The molecule has 0 aromatic heterocycles. The molecule has 0 saturated heterocycles. The zero-order valence-corrected chi connectivity index (χ0v) is 20.2. The molecule has 1 aliphatic carbocycles. The van der Waals surface area contributed by atoms with Crippen molar-refractivity contribution in [2.45, 2.75) is 69.7 Å². The van der Waals surface area contributed by atoms with E-state index in [0.29, 0.717) is 18.8 Å². The predicted molar refractivity (Wildman–Crippen MR) is 122 cm³/mol. The van der Waals surface area contributed by atoms with Gasteiger partial charge in [-0.1, -0.05) is 38.3 Å². The number of benzene rings is 1. The third kappa shape index (κ3) is 7.71. The number of hydrogen-bond acceptors (Lipinski definition) is 4. The topological polar surface area (TPSA) is 110 Å². The van der Waals surface area contributed by atoms with Gasteiger partial charge in [0.1, 0.15) is 16.8 Å². The lowest BCUT2D eigenvalue weighted by Gasteiger charge is -2.32. The van der Waals surface area contributed by atoms with Crippen molar-refractivity contribution in [3.63, 3.8) is 0 Å². The number of hydrogen-bond donors (Lipinski definition) is 2. The van der Waals surface area contributed by atoms with Crippen LogP contribution in [0, 0.1) is 17.7 Å². The molecule has 1 saturated carbocycles. The van der Waals surface area contributed by atoms with E-state index < -0.39 is 27.8 Å². The summed E-state index contributed by atoms with van der Waals surface area (Å²) in [5, 5.41) is -0.211. The van der Waals surface area contributed by atoms with Gasteiger partial charge in [-0.2, -0.15) is 0 Å². The lowest BCUT2D eigenvalue weighted by atomic mass is 9.98. The second-order valence-electron chi connectivity index (χ2n) is 8.82. The molecule has 2 amide bonds. The first-order chi connectivity index (χ1) is 15.0. The Labute approximate surface area is 194 Å². The van der Waals surface area contributed by atoms with Crippen molar-refractivity contribution in [2.24, 2.45) is 17.6 Å². The Morgan fingerprint density at radius 1 is 1.28 bits per heavy atom. The second-order valence-corrected chi connectivity index (χ2v) is 11.0. The number of primary amides is 1. The Balaban J connectivity index is 2.04. The maximum Gasteiger partial charge on any atom is 0.242 e. The van der Waals surface area contributed by atoms with Crippen LogP contribution in [0.2, 0.25) is 5.02 Å².